The highest BCUT2D eigenvalue weighted by molar-refractivity contribution is 7.19. The van der Waals surface area contributed by atoms with Crippen LogP contribution < -0.4 is 10.3 Å². The second-order valence-corrected chi connectivity index (χ2v) is 9.52. The number of hydrogen-bond acceptors (Lipinski definition) is 8. The van der Waals surface area contributed by atoms with Gasteiger partial charge >= 0.3 is 5.91 Å². The van der Waals surface area contributed by atoms with Gasteiger partial charge < -0.3 is 5.11 Å². The van der Waals surface area contributed by atoms with E-state index in [9.17, 15) is 24.3 Å². The van der Waals surface area contributed by atoms with Gasteiger partial charge in [-0.15, -0.1) is 11.3 Å². The number of aryl methyl sites for hydroxylation is 2. The molecular weight excluding hydrogens is 492 g/mol. The van der Waals surface area contributed by atoms with Crippen LogP contribution >= 0.6 is 11.3 Å². The number of hydrogen-bond donors (Lipinski definition) is 2. The van der Waals surface area contributed by atoms with Crippen molar-refractivity contribution in [1.82, 2.24) is 10.4 Å². The summed E-state index contributed by atoms with van der Waals surface area (Å²) in [6, 6.07) is 18.2. The van der Waals surface area contributed by atoms with Gasteiger partial charge in [0.05, 0.1) is 21.5 Å². The van der Waals surface area contributed by atoms with Crippen LogP contribution in [-0.4, -0.2) is 39.3 Å². The van der Waals surface area contributed by atoms with Gasteiger partial charge in [-0.2, -0.15) is 5.10 Å². The molecule has 5 rings (SSSR count). The number of imide groups is 1. The number of aromatic nitrogens is 1. The summed E-state index contributed by atoms with van der Waals surface area (Å²) in [5, 5.41) is 14.3. The number of carbonyl (C=O) groups excluding carboxylic acids is 4. The van der Waals surface area contributed by atoms with E-state index in [2.05, 4.69) is 15.5 Å². The zero-order valence-corrected chi connectivity index (χ0v) is 20.6. The van der Waals surface area contributed by atoms with Crippen molar-refractivity contribution in [2.75, 3.05) is 4.90 Å². The van der Waals surface area contributed by atoms with Crippen LogP contribution in [0.25, 0.3) is 10.2 Å². The topological polar surface area (TPSA) is 129 Å². The number of phenolic OH excluding ortho intramolecular Hbond substituents is 1. The molecule has 0 radical (unpaired) electrons. The van der Waals surface area contributed by atoms with Gasteiger partial charge in [-0.05, 0) is 49.2 Å². The lowest BCUT2D eigenvalue weighted by Gasteiger charge is -2.30. The third-order valence-corrected chi connectivity index (χ3v) is 7.12. The van der Waals surface area contributed by atoms with E-state index in [1.165, 1.54) is 12.1 Å². The molecule has 1 aliphatic rings. The Morgan fingerprint density at radius 1 is 0.946 bits per heavy atom. The van der Waals surface area contributed by atoms with Gasteiger partial charge in [-0.1, -0.05) is 42.5 Å². The second kappa shape index (κ2) is 9.40. The van der Waals surface area contributed by atoms with E-state index in [1.54, 1.807) is 56.3 Å². The maximum Gasteiger partial charge on any atom is 0.302 e. The van der Waals surface area contributed by atoms with Gasteiger partial charge in [0.15, 0.2) is 0 Å². The molecule has 184 valence electrons. The number of ketones is 1. The molecule has 0 aliphatic carbocycles. The zero-order chi connectivity index (χ0) is 26.3. The van der Waals surface area contributed by atoms with Gasteiger partial charge in [-0.25, -0.2) is 15.3 Å². The summed E-state index contributed by atoms with van der Waals surface area (Å²) in [5.74, 6) is -5.20. The maximum absolute atomic E-state index is 13.8. The number of fused-ring (bicyclic) bond motifs is 1. The summed E-state index contributed by atoms with van der Waals surface area (Å²) in [7, 11) is 0. The van der Waals surface area contributed by atoms with E-state index in [1.807, 2.05) is 12.1 Å². The average Bonchev–Trinajstić information content (AvgIpc) is 3.31. The Bertz CT molecular complexity index is 1590. The van der Waals surface area contributed by atoms with Crippen LogP contribution in [0.1, 0.15) is 32.4 Å². The minimum absolute atomic E-state index is 0.0688. The summed E-state index contributed by atoms with van der Waals surface area (Å²) in [6.07, 6.45) is 0. The molecule has 4 aromatic rings. The Balaban J connectivity index is 1.63. The fraction of sp³-hybridized carbons (Fsp3) is 0.111. The summed E-state index contributed by atoms with van der Waals surface area (Å²) >= 11 is 1.16. The molecule has 0 unspecified atom stereocenters. The van der Waals surface area contributed by atoms with E-state index in [-0.39, 0.29) is 27.7 Å². The SMILES string of the molecule is Cc1cccc(C)c1N1C(=O)C(=O)[C@@H](c2nc3ccccc3s2)/C(=N/NC(=O)c2ccccc2O)C1=O. The molecule has 2 heterocycles. The molecule has 3 aromatic carbocycles. The lowest BCUT2D eigenvalue weighted by atomic mass is 9.91. The molecule has 10 heteroatoms. The number of thiazole rings is 1. The predicted octanol–water partition coefficient (Wildman–Crippen LogP) is 3.63. The summed E-state index contributed by atoms with van der Waals surface area (Å²) < 4.78 is 0.764. The number of benzene rings is 3. The van der Waals surface area contributed by atoms with E-state index < -0.39 is 29.4 Å². The molecule has 1 aliphatic heterocycles. The van der Waals surface area contributed by atoms with Crippen LogP contribution in [-0.2, 0) is 14.4 Å². The summed E-state index contributed by atoms with van der Waals surface area (Å²) in [5.41, 5.74) is 3.96. The number of phenols is 1. The Hall–Kier alpha value is -4.70. The number of piperidine rings is 1. The molecule has 2 N–H and O–H groups in total. The Labute approximate surface area is 215 Å². The third kappa shape index (κ3) is 4.17. The molecule has 1 aromatic heterocycles. The highest BCUT2D eigenvalue weighted by Gasteiger charge is 2.49. The summed E-state index contributed by atoms with van der Waals surface area (Å²) in [6.45, 7) is 3.45. The molecule has 1 atom stereocenters. The minimum atomic E-state index is -1.40. The van der Waals surface area contributed by atoms with Gasteiger partial charge in [0.2, 0.25) is 5.78 Å². The number of nitrogens with zero attached hydrogens (tertiary/aromatic N) is 3. The first-order chi connectivity index (χ1) is 17.8. The number of aromatic hydroxyl groups is 1. The van der Waals surface area contributed by atoms with Crippen LogP contribution in [0.4, 0.5) is 5.69 Å². The lowest BCUT2D eigenvalue weighted by Crippen LogP contribution is -2.55. The second-order valence-electron chi connectivity index (χ2n) is 8.46. The molecule has 1 fully saturated rings. The number of hydrazone groups is 1. The van der Waals surface area contributed by atoms with Gasteiger partial charge in [0, 0.05) is 0 Å². The zero-order valence-electron chi connectivity index (χ0n) is 19.8. The van der Waals surface area contributed by atoms with Crippen LogP contribution in [0, 0.1) is 13.8 Å². The van der Waals surface area contributed by atoms with Crippen LogP contribution in [0.2, 0.25) is 0 Å². The predicted molar refractivity (Wildman–Crippen MR) is 139 cm³/mol. The standard InChI is InChI=1S/C27H20N4O5S/c1-14-8-7-9-15(2)22(14)31-26(35)21(29-30-24(34)16-10-3-5-12-18(16)32)20(23(33)27(31)36)25-28-17-11-4-6-13-19(17)37-25/h3-13,20,32H,1-2H3,(H,30,34)/b29-21-/t20-/m0/s1. The van der Waals surface area contributed by atoms with Gasteiger partial charge in [-0.3, -0.25) is 19.2 Å². The fourth-order valence-corrected chi connectivity index (χ4v) is 5.31. The van der Waals surface area contributed by atoms with E-state index in [4.69, 9.17) is 0 Å². The van der Waals surface area contributed by atoms with Crippen molar-refractivity contribution in [3.63, 3.8) is 0 Å². The highest BCUT2D eigenvalue weighted by atomic mass is 32.1. The van der Waals surface area contributed by atoms with Crippen molar-refractivity contribution in [3.8, 4) is 5.75 Å². The Kier molecular flexibility index (Phi) is 6.10. The first-order valence-corrected chi connectivity index (χ1v) is 12.1. The van der Waals surface area contributed by atoms with Crippen molar-refractivity contribution in [1.29, 1.82) is 0 Å². The first kappa shape index (κ1) is 24.0. The van der Waals surface area contributed by atoms with Crippen LogP contribution in [0.3, 0.4) is 0 Å². The van der Waals surface area contributed by atoms with Crippen molar-refractivity contribution < 1.29 is 24.3 Å². The largest absolute Gasteiger partial charge is 0.507 e. The maximum atomic E-state index is 13.8. The van der Waals surface area contributed by atoms with E-state index in [0.717, 1.165) is 20.9 Å². The molecule has 9 nitrogen and oxygen atoms in total. The summed E-state index contributed by atoms with van der Waals surface area (Å²) in [4.78, 5) is 58.7. The van der Waals surface area contributed by atoms with Crippen LogP contribution in [0.15, 0.2) is 71.8 Å². The smallest absolute Gasteiger partial charge is 0.302 e. The van der Waals surface area contributed by atoms with Crippen molar-refractivity contribution in [2.24, 2.45) is 5.10 Å². The quantitative estimate of drug-likeness (QED) is 0.244. The normalized spacial score (nSPS) is 17.0. The number of carbonyl (C=O) groups is 4. The average molecular weight is 513 g/mol. The van der Waals surface area contributed by atoms with Crippen LogP contribution in [0.5, 0.6) is 5.75 Å². The number of amides is 3. The Morgan fingerprint density at radius 3 is 2.32 bits per heavy atom. The lowest BCUT2D eigenvalue weighted by molar-refractivity contribution is -0.139. The number of nitrogens with one attached hydrogen (secondary N) is 1. The Morgan fingerprint density at radius 2 is 1.62 bits per heavy atom. The first-order valence-electron chi connectivity index (χ1n) is 11.3. The molecule has 0 spiro atoms. The van der Waals surface area contributed by atoms with Crippen molar-refractivity contribution in [3.05, 3.63) is 88.4 Å². The minimum Gasteiger partial charge on any atom is -0.507 e. The monoisotopic (exact) mass is 512 g/mol. The number of para-hydroxylation sites is 3. The fourth-order valence-electron chi connectivity index (χ4n) is 4.24. The number of Topliss-reactive ketones (excluding diaryl/α,β-unsaturated/α-hetero) is 1. The van der Waals surface area contributed by atoms with E-state index in [0.29, 0.717) is 16.6 Å². The van der Waals surface area contributed by atoms with Crippen molar-refractivity contribution >= 4 is 56.5 Å². The molecule has 1 saturated heterocycles. The molecule has 3 amide bonds. The molecule has 0 saturated carbocycles. The molecular formula is C27H20N4O5S. The van der Waals surface area contributed by atoms with Gasteiger partial charge in [0.1, 0.15) is 22.4 Å². The number of anilines is 1. The molecule has 37 heavy (non-hydrogen) atoms. The van der Waals surface area contributed by atoms with Crippen molar-refractivity contribution in [2.45, 2.75) is 19.8 Å². The number of rotatable bonds is 4. The molecule has 0 bridgehead atoms. The van der Waals surface area contributed by atoms with E-state index >= 15 is 0 Å². The van der Waals surface area contributed by atoms with Gasteiger partial charge in [0.25, 0.3) is 11.8 Å². The third-order valence-electron chi connectivity index (χ3n) is 6.02. The highest BCUT2D eigenvalue weighted by Crippen LogP contribution is 2.35.